The molecule has 0 spiro atoms. The van der Waals surface area contributed by atoms with Crippen LogP contribution in [-0.4, -0.2) is 6.71 Å². The van der Waals surface area contributed by atoms with E-state index in [4.69, 9.17) is 0 Å². The van der Waals surface area contributed by atoms with Crippen molar-refractivity contribution in [2.45, 2.75) is 131 Å². The third-order valence-corrected chi connectivity index (χ3v) is 17.4. The van der Waals surface area contributed by atoms with Gasteiger partial charge in [-0.2, -0.15) is 0 Å². The summed E-state index contributed by atoms with van der Waals surface area (Å²) in [4.78, 5) is 7.83. The minimum atomic E-state index is -0.165. The molecule has 0 saturated heterocycles. The summed E-state index contributed by atoms with van der Waals surface area (Å²) in [7, 11) is 0. The van der Waals surface area contributed by atoms with E-state index in [1.807, 2.05) is 12.2 Å². The first-order valence-electron chi connectivity index (χ1n) is 27.7. The van der Waals surface area contributed by atoms with E-state index in [9.17, 15) is 0 Å². The summed E-state index contributed by atoms with van der Waals surface area (Å²) < 4.78 is 0. The largest absolute Gasteiger partial charge is 0.311 e. The lowest BCUT2D eigenvalue weighted by atomic mass is 9.33. The third-order valence-electron chi connectivity index (χ3n) is 17.4. The standard InChI is InChI=1S/C72H76BN3/c1-17-49-32-35-60(65(55(49)18-2)50-28-21-19-22-29-50)74(53-30-23-20-24-31-53)54-33-34-58-61(42-54)75(67-45(3)26-25-27-46(67)4)63-40-52(70(10,11)12)41-64-66(63)73(58)59-43-56-57(72(15,16)37-36-71(56,13)14)44-62(59)76(64)68-47(5)38-51(39-48(68)6)69(7,8)9/h17-35,38-44H,1-2,36-37H2,3-16H3. The van der Waals surface area contributed by atoms with Gasteiger partial charge in [0.05, 0.1) is 17.1 Å². The summed E-state index contributed by atoms with van der Waals surface area (Å²) in [6.45, 7) is 41.9. The maximum absolute atomic E-state index is 4.40. The normalized spacial score (nSPS) is 15.1. The second-order valence-electron chi connectivity index (χ2n) is 25.6. The maximum atomic E-state index is 4.40. The number of aryl methyl sites for hydroxylation is 4. The molecule has 2 heterocycles. The Balaban J connectivity index is 1.29. The quantitative estimate of drug-likeness (QED) is 0.141. The highest BCUT2D eigenvalue weighted by molar-refractivity contribution is 7.00. The number of benzene rings is 8. The summed E-state index contributed by atoms with van der Waals surface area (Å²) in [5.74, 6) is 0. The summed E-state index contributed by atoms with van der Waals surface area (Å²) in [6, 6.07) is 55.7. The first kappa shape index (κ1) is 50.8. The predicted octanol–water partition coefficient (Wildman–Crippen LogP) is 18.4. The van der Waals surface area contributed by atoms with Crippen LogP contribution in [0.25, 0.3) is 23.3 Å². The van der Waals surface area contributed by atoms with Crippen molar-refractivity contribution in [2.75, 3.05) is 14.7 Å². The zero-order valence-corrected chi connectivity index (χ0v) is 47.8. The van der Waals surface area contributed by atoms with E-state index in [2.05, 4.69) is 270 Å². The Morgan fingerprint density at radius 1 is 0.500 bits per heavy atom. The number of fused-ring (bicyclic) bond motifs is 5. The fourth-order valence-electron chi connectivity index (χ4n) is 13.1. The molecule has 11 rings (SSSR count). The van der Waals surface area contributed by atoms with Crippen molar-refractivity contribution in [1.82, 2.24) is 0 Å². The molecule has 8 aromatic carbocycles. The lowest BCUT2D eigenvalue weighted by molar-refractivity contribution is 0.332. The summed E-state index contributed by atoms with van der Waals surface area (Å²) >= 11 is 0. The van der Waals surface area contributed by atoms with E-state index in [-0.39, 0.29) is 28.4 Å². The molecule has 0 fully saturated rings. The Morgan fingerprint density at radius 3 is 1.58 bits per heavy atom. The maximum Gasteiger partial charge on any atom is 0.252 e. The van der Waals surface area contributed by atoms with E-state index in [0.717, 1.165) is 52.2 Å². The third kappa shape index (κ3) is 8.17. The van der Waals surface area contributed by atoms with Crippen molar-refractivity contribution in [1.29, 1.82) is 0 Å². The van der Waals surface area contributed by atoms with Crippen LogP contribution in [0.4, 0.5) is 51.2 Å². The number of nitrogens with zero attached hydrogens (tertiary/aromatic N) is 3. The van der Waals surface area contributed by atoms with Crippen molar-refractivity contribution in [3.8, 4) is 11.1 Å². The van der Waals surface area contributed by atoms with Gasteiger partial charge in [0.15, 0.2) is 0 Å². The fraction of sp³-hybridized carbons (Fsp3) is 0.278. The van der Waals surface area contributed by atoms with Gasteiger partial charge in [0.1, 0.15) is 0 Å². The highest BCUT2D eigenvalue weighted by Gasteiger charge is 2.48. The Kier molecular flexibility index (Phi) is 12.2. The van der Waals surface area contributed by atoms with Crippen molar-refractivity contribution in [3.63, 3.8) is 0 Å². The average Bonchev–Trinajstić information content (AvgIpc) is 3.39. The summed E-state index contributed by atoms with van der Waals surface area (Å²) in [5.41, 5.74) is 29.7. The number of hydrogen-bond acceptors (Lipinski definition) is 3. The molecular weight excluding hydrogens is 918 g/mol. The molecule has 2 aliphatic heterocycles. The second kappa shape index (κ2) is 18.2. The van der Waals surface area contributed by atoms with Gasteiger partial charge in [0.2, 0.25) is 0 Å². The molecule has 0 unspecified atom stereocenters. The molecule has 0 atom stereocenters. The van der Waals surface area contributed by atoms with E-state index < -0.39 is 0 Å². The van der Waals surface area contributed by atoms with Gasteiger partial charge in [-0.3, -0.25) is 0 Å². The van der Waals surface area contributed by atoms with Crippen LogP contribution in [0.5, 0.6) is 0 Å². The molecule has 0 radical (unpaired) electrons. The van der Waals surface area contributed by atoms with Gasteiger partial charge in [-0.25, -0.2) is 0 Å². The van der Waals surface area contributed by atoms with Crippen LogP contribution in [0.3, 0.4) is 0 Å². The second-order valence-corrected chi connectivity index (χ2v) is 25.6. The molecule has 8 aromatic rings. The molecular formula is C72H76BN3. The van der Waals surface area contributed by atoms with Crippen LogP contribution >= 0.6 is 0 Å². The van der Waals surface area contributed by atoms with E-state index in [1.54, 1.807) is 0 Å². The van der Waals surface area contributed by atoms with Gasteiger partial charge in [-0.15, -0.1) is 0 Å². The van der Waals surface area contributed by atoms with Crippen LogP contribution in [-0.2, 0) is 21.7 Å². The smallest absolute Gasteiger partial charge is 0.252 e. The molecule has 3 nitrogen and oxygen atoms in total. The van der Waals surface area contributed by atoms with Crippen molar-refractivity contribution < 1.29 is 0 Å². The van der Waals surface area contributed by atoms with Gasteiger partial charge in [-0.1, -0.05) is 192 Å². The summed E-state index contributed by atoms with van der Waals surface area (Å²) in [6.07, 6.45) is 6.24. The van der Waals surface area contributed by atoms with E-state index in [1.165, 1.54) is 95.0 Å². The van der Waals surface area contributed by atoms with Gasteiger partial charge in [0.25, 0.3) is 6.71 Å². The van der Waals surface area contributed by atoms with Crippen LogP contribution in [0, 0.1) is 27.7 Å². The van der Waals surface area contributed by atoms with Crippen molar-refractivity contribution in [3.05, 3.63) is 214 Å². The highest BCUT2D eigenvalue weighted by Crippen LogP contribution is 2.54. The van der Waals surface area contributed by atoms with Crippen LogP contribution in [0.1, 0.15) is 138 Å². The molecule has 0 saturated carbocycles. The van der Waals surface area contributed by atoms with Gasteiger partial charge in [0, 0.05) is 39.7 Å². The highest BCUT2D eigenvalue weighted by atomic mass is 15.2. The SMILES string of the molecule is C=Cc1ccc(N(c2ccccc2)c2ccc3c(c2)N(c2c(C)cccc2C)c2cc(C(C)(C)C)cc4c2B3c2cc3c(cc2N4c2c(C)cc(C(C)(C)C)cc2C)C(C)(C)CCC3(C)C)c(-c2ccccc2)c1C=C. The molecule has 0 amide bonds. The van der Waals surface area contributed by atoms with Gasteiger partial charge >= 0.3 is 0 Å². The lowest BCUT2D eigenvalue weighted by Crippen LogP contribution is -2.62. The number of rotatable bonds is 8. The molecule has 1 aliphatic carbocycles. The monoisotopic (exact) mass is 994 g/mol. The van der Waals surface area contributed by atoms with Crippen LogP contribution in [0.2, 0.25) is 0 Å². The zero-order valence-electron chi connectivity index (χ0n) is 47.8. The number of para-hydroxylation sites is 2. The van der Waals surface area contributed by atoms with Crippen LogP contribution < -0.4 is 31.1 Å². The van der Waals surface area contributed by atoms with Crippen molar-refractivity contribution in [2.24, 2.45) is 0 Å². The lowest BCUT2D eigenvalue weighted by Gasteiger charge is -2.48. The predicted molar refractivity (Wildman–Crippen MR) is 332 cm³/mol. The Morgan fingerprint density at radius 2 is 1.03 bits per heavy atom. The minimum Gasteiger partial charge on any atom is -0.311 e. The van der Waals surface area contributed by atoms with E-state index in [0.29, 0.717) is 0 Å². The van der Waals surface area contributed by atoms with Gasteiger partial charge < -0.3 is 14.7 Å². The molecule has 382 valence electrons. The minimum absolute atomic E-state index is 0.00778. The van der Waals surface area contributed by atoms with E-state index >= 15 is 0 Å². The molecule has 0 N–H and O–H groups in total. The Bertz CT molecular complexity index is 3610. The average molecular weight is 994 g/mol. The molecule has 3 aliphatic rings. The first-order valence-corrected chi connectivity index (χ1v) is 27.7. The summed E-state index contributed by atoms with van der Waals surface area (Å²) in [5, 5.41) is 0. The number of anilines is 9. The molecule has 0 aromatic heterocycles. The molecule has 0 bridgehead atoms. The fourth-order valence-corrected chi connectivity index (χ4v) is 13.1. The number of hydrogen-bond donors (Lipinski definition) is 0. The van der Waals surface area contributed by atoms with Crippen molar-refractivity contribution >= 4 is 86.4 Å². The molecule has 4 heteroatoms. The Hall–Kier alpha value is -7.30. The van der Waals surface area contributed by atoms with Gasteiger partial charge in [-0.05, 0) is 188 Å². The Labute approximate surface area is 455 Å². The molecule has 76 heavy (non-hydrogen) atoms. The first-order chi connectivity index (χ1) is 36.0. The topological polar surface area (TPSA) is 9.72 Å². The zero-order chi connectivity index (χ0) is 54.0. The van der Waals surface area contributed by atoms with Crippen LogP contribution in [0.15, 0.2) is 159 Å².